The minimum absolute atomic E-state index is 0.0300. The van der Waals surface area contributed by atoms with Crippen molar-refractivity contribution in [2.45, 2.75) is 71.0 Å². The summed E-state index contributed by atoms with van der Waals surface area (Å²) in [6, 6.07) is 5.05. The average molecular weight is 377 g/mol. The van der Waals surface area contributed by atoms with Gasteiger partial charge in [-0.3, -0.25) is 4.79 Å². The summed E-state index contributed by atoms with van der Waals surface area (Å²) in [5, 5.41) is 2.91. The summed E-state index contributed by atoms with van der Waals surface area (Å²) in [5.41, 5.74) is 0.0421. The molecule has 6 nitrogen and oxygen atoms in total. The quantitative estimate of drug-likeness (QED) is 0.683. The molecule has 1 aliphatic carbocycles. The average Bonchev–Trinajstić information content (AvgIpc) is 2.69. The lowest BCUT2D eigenvalue weighted by Gasteiger charge is -2.34. The Labute approximate surface area is 161 Å². The van der Waals surface area contributed by atoms with Gasteiger partial charge >= 0.3 is 5.97 Å². The lowest BCUT2D eigenvalue weighted by molar-refractivity contribution is -0.141. The summed E-state index contributed by atoms with van der Waals surface area (Å²) < 4.78 is 16.6. The van der Waals surface area contributed by atoms with Gasteiger partial charge in [-0.25, -0.2) is 4.79 Å². The second-order valence-corrected chi connectivity index (χ2v) is 6.98. The van der Waals surface area contributed by atoms with Crippen molar-refractivity contribution >= 4 is 17.6 Å². The first-order valence-corrected chi connectivity index (χ1v) is 9.80. The standard InChI is InChI=1S/C21H31NO5/c1-5-15(3)27-18-11-10-16(14-17(18)19(23)26-6-2)22-20(24)21(25-4)12-8-7-9-13-21/h10-11,14-15H,5-9,12-13H2,1-4H3,(H,22,24)/t15-/m0/s1. The first kappa shape index (κ1) is 21.2. The van der Waals surface area contributed by atoms with E-state index in [0.29, 0.717) is 29.8 Å². The number of rotatable bonds is 8. The van der Waals surface area contributed by atoms with E-state index in [-0.39, 0.29) is 18.6 Å². The first-order chi connectivity index (χ1) is 13.0. The van der Waals surface area contributed by atoms with Gasteiger partial charge in [-0.1, -0.05) is 26.2 Å². The molecule has 2 rings (SSSR count). The minimum atomic E-state index is -0.797. The van der Waals surface area contributed by atoms with Crippen LogP contribution in [-0.2, 0) is 14.3 Å². The summed E-state index contributed by atoms with van der Waals surface area (Å²) >= 11 is 0. The molecule has 27 heavy (non-hydrogen) atoms. The Kier molecular flexibility index (Phi) is 7.66. The highest BCUT2D eigenvalue weighted by atomic mass is 16.5. The largest absolute Gasteiger partial charge is 0.490 e. The zero-order chi connectivity index (χ0) is 19.9. The van der Waals surface area contributed by atoms with Crippen molar-refractivity contribution in [1.82, 2.24) is 0 Å². The molecule has 0 radical (unpaired) electrons. The molecule has 150 valence electrons. The van der Waals surface area contributed by atoms with Gasteiger partial charge in [0.2, 0.25) is 0 Å². The van der Waals surface area contributed by atoms with Crippen LogP contribution in [0, 0.1) is 0 Å². The maximum absolute atomic E-state index is 12.9. The molecule has 1 fully saturated rings. The van der Waals surface area contributed by atoms with E-state index in [1.54, 1.807) is 32.2 Å². The summed E-state index contributed by atoms with van der Waals surface area (Å²) in [4.78, 5) is 25.2. The zero-order valence-electron chi connectivity index (χ0n) is 16.8. The minimum Gasteiger partial charge on any atom is -0.490 e. The van der Waals surface area contributed by atoms with E-state index in [0.717, 1.165) is 25.7 Å². The van der Waals surface area contributed by atoms with Crippen molar-refractivity contribution in [1.29, 1.82) is 0 Å². The molecule has 1 aliphatic rings. The van der Waals surface area contributed by atoms with Crippen molar-refractivity contribution in [2.24, 2.45) is 0 Å². The number of hydrogen-bond donors (Lipinski definition) is 1. The number of benzene rings is 1. The predicted octanol–water partition coefficient (Wildman–Crippen LogP) is 4.33. The topological polar surface area (TPSA) is 73.9 Å². The molecule has 0 heterocycles. The van der Waals surface area contributed by atoms with Crippen LogP contribution in [0.2, 0.25) is 0 Å². The highest BCUT2D eigenvalue weighted by molar-refractivity contribution is 5.99. The van der Waals surface area contributed by atoms with E-state index >= 15 is 0 Å². The molecule has 1 saturated carbocycles. The monoisotopic (exact) mass is 377 g/mol. The van der Waals surface area contributed by atoms with Gasteiger partial charge in [0.25, 0.3) is 5.91 Å². The van der Waals surface area contributed by atoms with Crippen molar-refractivity contribution < 1.29 is 23.8 Å². The van der Waals surface area contributed by atoms with Crippen molar-refractivity contribution in [3.63, 3.8) is 0 Å². The molecule has 0 spiro atoms. The van der Waals surface area contributed by atoms with Crippen LogP contribution in [0.1, 0.15) is 69.7 Å². The Morgan fingerprint density at radius 1 is 1.19 bits per heavy atom. The fourth-order valence-corrected chi connectivity index (χ4v) is 3.27. The first-order valence-electron chi connectivity index (χ1n) is 9.80. The molecule has 1 N–H and O–H groups in total. The van der Waals surface area contributed by atoms with Gasteiger partial charge in [0.1, 0.15) is 16.9 Å². The lowest BCUT2D eigenvalue weighted by atomic mass is 9.84. The number of anilines is 1. The van der Waals surface area contributed by atoms with Gasteiger partial charge in [-0.2, -0.15) is 0 Å². The highest BCUT2D eigenvalue weighted by Crippen LogP contribution is 2.33. The van der Waals surface area contributed by atoms with E-state index in [1.807, 2.05) is 13.8 Å². The number of amides is 1. The van der Waals surface area contributed by atoms with E-state index in [9.17, 15) is 9.59 Å². The fraction of sp³-hybridized carbons (Fsp3) is 0.619. The summed E-state index contributed by atoms with van der Waals surface area (Å²) in [6.45, 7) is 5.98. The van der Waals surface area contributed by atoms with Gasteiger partial charge in [-0.05, 0) is 51.3 Å². The highest BCUT2D eigenvalue weighted by Gasteiger charge is 2.39. The molecule has 0 aromatic heterocycles. The van der Waals surface area contributed by atoms with Crippen LogP contribution in [0.4, 0.5) is 5.69 Å². The van der Waals surface area contributed by atoms with Gasteiger partial charge in [0, 0.05) is 12.8 Å². The van der Waals surface area contributed by atoms with E-state index < -0.39 is 11.6 Å². The number of nitrogens with one attached hydrogen (secondary N) is 1. The Morgan fingerprint density at radius 2 is 1.89 bits per heavy atom. The van der Waals surface area contributed by atoms with Crippen molar-refractivity contribution in [3.05, 3.63) is 23.8 Å². The molecule has 1 aromatic carbocycles. The van der Waals surface area contributed by atoms with Crippen LogP contribution in [0.5, 0.6) is 5.75 Å². The Hall–Kier alpha value is -2.08. The van der Waals surface area contributed by atoms with E-state index in [2.05, 4.69) is 5.32 Å². The third-order valence-electron chi connectivity index (χ3n) is 5.10. The molecule has 0 bridgehead atoms. The predicted molar refractivity (Wildman–Crippen MR) is 104 cm³/mol. The van der Waals surface area contributed by atoms with Crippen LogP contribution in [0.15, 0.2) is 18.2 Å². The Morgan fingerprint density at radius 3 is 2.48 bits per heavy atom. The zero-order valence-corrected chi connectivity index (χ0v) is 16.8. The van der Waals surface area contributed by atoms with Crippen LogP contribution in [0.3, 0.4) is 0 Å². The lowest BCUT2D eigenvalue weighted by Crippen LogP contribution is -2.46. The Bertz CT molecular complexity index is 652. The molecule has 1 atom stereocenters. The number of carbonyl (C=O) groups is 2. The second-order valence-electron chi connectivity index (χ2n) is 6.98. The molecule has 1 aromatic rings. The molecule has 1 amide bonds. The van der Waals surface area contributed by atoms with E-state index in [4.69, 9.17) is 14.2 Å². The Balaban J connectivity index is 2.24. The maximum Gasteiger partial charge on any atom is 0.341 e. The molecular weight excluding hydrogens is 346 g/mol. The number of hydrogen-bond acceptors (Lipinski definition) is 5. The van der Waals surface area contributed by atoms with Crippen LogP contribution in [0.25, 0.3) is 0 Å². The summed E-state index contributed by atoms with van der Waals surface area (Å²) in [5.74, 6) is -0.180. The van der Waals surface area contributed by atoms with E-state index in [1.165, 1.54) is 0 Å². The molecule has 0 saturated heterocycles. The van der Waals surface area contributed by atoms with Gasteiger partial charge in [0.05, 0.1) is 12.7 Å². The van der Waals surface area contributed by atoms with Crippen molar-refractivity contribution in [3.8, 4) is 5.75 Å². The molecule has 0 aliphatic heterocycles. The third-order valence-corrected chi connectivity index (χ3v) is 5.10. The third kappa shape index (κ3) is 5.22. The summed E-state index contributed by atoms with van der Waals surface area (Å²) in [7, 11) is 1.58. The van der Waals surface area contributed by atoms with Crippen molar-refractivity contribution in [2.75, 3.05) is 19.0 Å². The smallest absolute Gasteiger partial charge is 0.341 e. The van der Waals surface area contributed by atoms with Crippen LogP contribution in [-0.4, -0.2) is 37.3 Å². The molecule has 6 heteroatoms. The van der Waals surface area contributed by atoms with Gasteiger partial charge < -0.3 is 19.5 Å². The van der Waals surface area contributed by atoms with Gasteiger partial charge in [0.15, 0.2) is 0 Å². The number of esters is 1. The van der Waals surface area contributed by atoms with Gasteiger partial charge in [-0.15, -0.1) is 0 Å². The number of ether oxygens (including phenoxy) is 3. The number of methoxy groups -OCH3 is 1. The normalized spacial score (nSPS) is 17.0. The molecular formula is C21H31NO5. The number of carbonyl (C=O) groups excluding carboxylic acids is 2. The SMILES string of the molecule is CCOC(=O)c1cc(NC(=O)C2(OC)CCCCC2)ccc1O[C@@H](C)CC. The fourth-order valence-electron chi connectivity index (χ4n) is 3.27. The summed E-state index contributed by atoms with van der Waals surface area (Å²) in [6.07, 6.45) is 5.25. The van der Waals surface area contributed by atoms with Crippen LogP contribution < -0.4 is 10.1 Å². The maximum atomic E-state index is 12.9. The second kappa shape index (κ2) is 9.74. The molecule has 0 unspecified atom stereocenters. The van der Waals surface area contributed by atoms with Crippen LogP contribution >= 0.6 is 0 Å².